The van der Waals surface area contributed by atoms with Crippen molar-refractivity contribution in [2.75, 3.05) is 5.32 Å². The molecule has 154 valence electrons. The van der Waals surface area contributed by atoms with Crippen molar-refractivity contribution in [2.45, 2.75) is 20.8 Å². The molecule has 0 aliphatic carbocycles. The molecule has 0 aliphatic rings. The van der Waals surface area contributed by atoms with E-state index in [-0.39, 0.29) is 5.82 Å². The minimum atomic E-state index is -0.923. The Morgan fingerprint density at radius 2 is 1.77 bits per heavy atom. The lowest BCUT2D eigenvalue weighted by Gasteiger charge is -2.09. The first-order valence-corrected chi connectivity index (χ1v) is 9.58. The first-order valence-electron chi connectivity index (χ1n) is 9.58. The van der Waals surface area contributed by atoms with Crippen LogP contribution in [0.4, 0.5) is 14.6 Å². The van der Waals surface area contributed by atoms with Crippen LogP contribution >= 0.6 is 0 Å². The van der Waals surface area contributed by atoms with Gasteiger partial charge in [-0.3, -0.25) is 9.48 Å². The number of hydrogen-bond acceptors (Lipinski definition) is 3. The molecule has 2 heterocycles. The number of nitrogens with zero attached hydrogens (tertiary/aromatic N) is 3. The molecular weight excluding hydrogens is 386 g/mol. The highest BCUT2D eigenvalue weighted by Crippen LogP contribution is 2.28. The Kier molecular flexibility index (Phi) is 6.20. The number of nitrogens with one attached hydrogen (secondary N) is 1. The molecule has 0 radical (unpaired) electrons. The number of fused-ring (bicyclic) bond motifs is 1. The topological polar surface area (TPSA) is 59.8 Å². The van der Waals surface area contributed by atoms with Crippen molar-refractivity contribution in [3.05, 3.63) is 77.6 Å². The van der Waals surface area contributed by atoms with Gasteiger partial charge in [0.2, 0.25) is 0 Å². The van der Waals surface area contributed by atoms with Gasteiger partial charge in [-0.1, -0.05) is 19.9 Å². The lowest BCUT2D eigenvalue weighted by Crippen LogP contribution is -2.16. The van der Waals surface area contributed by atoms with Crippen LogP contribution in [0, 0.1) is 18.6 Å². The normalized spacial score (nSPS) is 10.5. The average molecular weight is 408 g/mol. The van der Waals surface area contributed by atoms with Gasteiger partial charge in [0.05, 0.1) is 5.52 Å². The van der Waals surface area contributed by atoms with Gasteiger partial charge in [-0.05, 0) is 54.4 Å². The van der Waals surface area contributed by atoms with E-state index in [1.807, 2.05) is 46.1 Å². The van der Waals surface area contributed by atoms with Crippen molar-refractivity contribution in [1.82, 2.24) is 14.8 Å². The second-order valence-electron chi connectivity index (χ2n) is 6.51. The van der Waals surface area contributed by atoms with E-state index in [0.717, 1.165) is 39.7 Å². The third kappa shape index (κ3) is 4.20. The summed E-state index contributed by atoms with van der Waals surface area (Å²) in [7, 11) is 1.87. The van der Waals surface area contributed by atoms with Crippen molar-refractivity contribution >= 4 is 22.6 Å². The number of pyridine rings is 1. The van der Waals surface area contributed by atoms with Crippen molar-refractivity contribution in [3.8, 4) is 11.1 Å². The van der Waals surface area contributed by atoms with Gasteiger partial charge in [0, 0.05) is 30.4 Å². The average Bonchev–Trinajstić information content (AvgIpc) is 3.08. The standard InChI is InChI=1S/C21H16F2N4O.C2H6/c1-12-8-14-11-27(2)26-18(14)9-15(12)13-6-7-19(24-10-13)25-21(28)20-16(22)4-3-5-17(20)23;1-2/h3-11H,1-2H3,(H,24,25,28);1-2H3. The molecule has 7 heteroatoms. The number of aryl methyl sites for hydroxylation is 2. The van der Waals surface area contributed by atoms with Crippen LogP contribution in [0.1, 0.15) is 29.8 Å². The van der Waals surface area contributed by atoms with Crippen LogP contribution in [-0.2, 0) is 7.05 Å². The van der Waals surface area contributed by atoms with Crippen LogP contribution in [0.3, 0.4) is 0 Å². The van der Waals surface area contributed by atoms with Gasteiger partial charge < -0.3 is 5.32 Å². The Morgan fingerprint density at radius 3 is 2.40 bits per heavy atom. The van der Waals surface area contributed by atoms with Crippen LogP contribution in [0.2, 0.25) is 0 Å². The minimum Gasteiger partial charge on any atom is -0.306 e. The molecule has 0 fully saturated rings. The van der Waals surface area contributed by atoms with Crippen molar-refractivity contribution in [3.63, 3.8) is 0 Å². The number of amides is 1. The van der Waals surface area contributed by atoms with Crippen molar-refractivity contribution in [2.24, 2.45) is 7.05 Å². The second-order valence-corrected chi connectivity index (χ2v) is 6.51. The molecule has 2 aromatic heterocycles. The van der Waals surface area contributed by atoms with Gasteiger partial charge >= 0.3 is 0 Å². The minimum absolute atomic E-state index is 0.202. The quantitative estimate of drug-likeness (QED) is 0.487. The van der Waals surface area contributed by atoms with Gasteiger partial charge in [-0.2, -0.15) is 5.10 Å². The van der Waals surface area contributed by atoms with Crippen molar-refractivity contribution < 1.29 is 13.6 Å². The Hall–Kier alpha value is -3.61. The molecule has 0 bridgehead atoms. The maximum Gasteiger partial charge on any atom is 0.262 e. The molecule has 0 saturated carbocycles. The van der Waals surface area contributed by atoms with Crippen LogP contribution in [-0.4, -0.2) is 20.7 Å². The smallest absolute Gasteiger partial charge is 0.262 e. The monoisotopic (exact) mass is 408 g/mol. The predicted octanol–water partition coefficient (Wildman–Crippen LogP) is 5.50. The molecule has 0 aliphatic heterocycles. The third-order valence-corrected chi connectivity index (χ3v) is 4.47. The number of anilines is 1. The summed E-state index contributed by atoms with van der Waals surface area (Å²) in [5.74, 6) is -2.53. The zero-order valence-electron chi connectivity index (χ0n) is 17.2. The lowest BCUT2D eigenvalue weighted by molar-refractivity contribution is 0.101. The van der Waals surface area contributed by atoms with E-state index in [0.29, 0.717) is 0 Å². The van der Waals surface area contributed by atoms with Crippen LogP contribution < -0.4 is 5.32 Å². The summed E-state index contributed by atoms with van der Waals surface area (Å²) < 4.78 is 29.2. The van der Waals surface area contributed by atoms with E-state index in [1.165, 1.54) is 6.07 Å². The summed E-state index contributed by atoms with van der Waals surface area (Å²) in [4.78, 5) is 16.4. The highest BCUT2D eigenvalue weighted by Gasteiger charge is 2.17. The number of aromatic nitrogens is 3. The largest absolute Gasteiger partial charge is 0.306 e. The van der Waals surface area contributed by atoms with E-state index < -0.39 is 23.1 Å². The molecule has 4 rings (SSSR count). The van der Waals surface area contributed by atoms with Crippen LogP contribution in [0.5, 0.6) is 0 Å². The Balaban J connectivity index is 0.00000124. The molecule has 30 heavy (non-hydrogen) atoms. The lowest BCUT2D eigenvalue weighted by atomic mass is 10.0. The second kappa shape index (κ2) is 8.82. The van der Waals surface area contributed by atoms with Crippen LogP contribution in [0.25, 0.3) is 22.0 Å². The van der Waals surface area contributed by atoms with E-state index in [4.69, 9.17) is 0 Å². The van der Waals surface area contributed by atoms with E-state index in [9.17, 15) is 13.6 Å². The molecule has 0 atom stereocenters. The number of carbonyl (C=O) groups excluding carboxylic acids is 1. The summed E-state index contributed by atoms with van der Waals surface area (Å²) in [6, 6.07) is 10.7. The SMILES string of the molecule is CC.Cc1cc2cn(C)nc2cc1-c1ccc(NC(=O)c2c(F)cccc2F)nc1. The number of hydrogen-bond donors (Lipinski definition) is 1. The molecule has 1 N–H and O–H groups in total. The summed E-state index contributed by atoms with van der Waals surface area (Å²) in [5.41, 5.74) is 3.12. The van der Waals surface area contributed by atoms with E-state index >= 15 is 0 Å². The summed E-state index contributed by atoms with van der Waals surface area (Å²) >= 11 is 0. The Bertz CT molecular complexity index is 1180. The molecule has 0 spiro atoms. The first-order chi connectivity index (χ1) is 14.4. The van der Waals surface area contributed by atoms with Crippen molar-refractivity contribution in [1.29, 1.82) is 0 Å². The Morgan fingerprint density at radius 1 is 1.07 bits per heavy atom. The molecular formula is C23H22F2N4O. The van der Waals surface area contributed by atoms with Gasteiger partial charge in [0.1, 0.15) is 23.0 Å². The van der Waals surface area contributed by atoms with E-state index in [1.54, 1.807) is 23.0 Å². The van der Waals surface area contributed by atoms with Gasteiger partial charge in [-0.15, -0.1) is 0 Å². The number of benzene rings is 2. The summed E-state index contributed by atoms with van der Waals surface area (Å²) in [6.07, 6.45) is 3.55. The molecule has 1 amide bonds. The maximum absolute atomic E-state index is 13.7. The predicted molar refractivity (Wildman–Crippen MR) is 114 cm³/mol. The molecule has 2 aromatic carbocycles. The fourth-order valence-electron chi connectivity index (χ4n) is 3.14. The zero-order chi connectivity index (χ0) is 21.8. The fourth-order valence-corrected chi connectivity index (χ4v) is 3.14. The van der Waals surface area contributed by atoms with Gasteiger partial charge in [0.25, 0.3) is 5.91 Å². The van der Waals surface area contributed by atoms with Gasteiger partial charge in [0.15, 0.2) is 0 Å². The highest BCUT2D eigenvalue weighted by atomic mass is 19.1. The maximum atomic E-state index is 13.7. The molecule has 0 saturated heterocycles. The van der Waals surface area contributed by atoms with Gasteiger partial charge in [-0.25, -0.2) is 13.8 Å². The number of rotatable bonds is 3. The third-order valence-electron chi connectivity index (χ3n) is 4.47. The fraction of sp³-hybridized carbons (Fsp3) is 0.174. The zero-order valence-corrected chi connectivity index (χ0v) is 17.2. The highest BCUT2D eigenvalue weighted by molar-refractivity contribution is 6.04. The molecule has 4 aromatic rings. The van der Waals surface area contributed by atoms with E-state index in [2.05, 4.69) is 15.4 Å². The first kappa shape index (κ1) is 21.1. The summed E-state index contributed by atoms with van der Waals surface area (Å²) in [5, 5.41) is 7.88. The molecule has 0 unspecified atom stereocenters. The number of carbonyl (C=O) groups is 1. The number of halogens is 2. The van der Waals surface area contributed by atoms with Crippen LogP contribution in [0.15, 0.2) is 54.9 Å². The summed E-state index contributed by atoms with van der Waals surface area (Å²) in [6.45, 7) is 6.00. The molecule has 5 nitrogen and oxygen atoms in total. The Labute approximate surface area is 173 Å².